The first-order valence-corrected chi connectivity index (χ1v) is 7.90. The van der Waals surface area contributed by atoms with Gasteiger partial charge in [0.2, 0.25) is 0 Å². The molecule has 1 N–H and O–H groups in total. The van der Waals surface area contributed by atoms with E-state index in [0.717, 1.165) is 22.0 Å². The van der Waals surface area contributed by atoms with Gasteiger partial charge in [-0.15, -0.1) is 0 Å². The van der Waals surface area contributed by atoms with Crippen molar-refractivity contribution >= 4 is 28.1 Å². The summed E-state index contributed by atoms with van der Waals surface area (Å²) in [6.07, 6.45) is 4.42. The van der Waals surface area contributed by atoms with Crippen molar-refractivity contribution in [3.63, 3.8) is 0 Å². The molecule has 0 fully saturated rings. The molecule has 0 unspecified atom stereocenters. The Bertz CT molecular complexity index is 626. The van der Waals surface area contributed by atoms with Gasteiger partial charge in [0.25, 0.3) is 0 Å². The van der Waals surface area contributed by atoms with Crippen molar-refractivity contribution in [2.24, 2.45) is 0 Å². The second-order valence-electron chi connectivity index (χ2n) is 4.70. The van der Waals surface area contributed by atoms with Gasteiger partial charge in [-0.25, -0.2) is 4.79 Å². The molecule has 2 aromatic rings. The van der Waals surface area contributed by atoms with Crippen molar-refractivity contribution in [2.45, 2.75) is 13.0 Å². The fraction of sp³-hybridized carbons (Fsp3) is 0.167. The van der Waals surface area contributed by atoms with Crippen LogP contribution in [0.2, 0.25) is 0 Å². The number of carbonyl (C=O) groups excluding carboxylic acids is 1. The Labute approximate surface area is 139 Å². The van der Waals surface area contributed by atoms with Crippen LogP contribution in [0, 0.1) is 0 Å². The average Bonchev–Trinajstić information content (AvgIpc) is 2.55. The monoisotopic (exact) mass is 359 g/mol. The minimum absolute atomic E-state index is 0.291. The fourth-order valence-corrected chi connectivity index (χ4v) is 2.27. The summed E-state index contributed by atoms with van der Waals surface area (Å²) in [5, 5.41) is 2.73. The first kappa shape index (κ1) is 16.3. The number of hydrogen-bond donors (Lipinski definition) is 1. The second-order valence-corrected chi connectivity index (χ2v) is 5.56. The van der Waals surface area contributed by atoms with Gasteiger partial charge in [0.1, 0.15) is 6.61 Å². The normalized spacial score (nSPS) is 10.6. The lowest BCUT2D eigenvalue weighted by Crippen LogP contribution is -2.24. The summed E-state index contributed by atoms with van der Waals surface area (Å²) in [5.41, 5.74) is 2.10. The van der Waals surface area contributed by atoms with Gasteiger partial charge in [0.15, 0.2) is 0 Å². The molecule has 2 rings (SSSR count). The van der Waals surface area contributed by atoms with Gasteiger partial charge in [-0.3, -0.25) is 0 Å². The highest BCUT2D eigenvalue weighted by molar-refractivity contribution is 9.10. The zero-order valence-electron chi connectivity index (χ0n) is 12.2. The van der Waals surface area contributed by atoms with Crippen molar-refractivity contribution in [2.75, 3.05) is 6.54 Å². The van der Waals surface area contributed by atoms with Crippen LogP contribution in [0.15, 0.2) is 65.1 Å². The Morgan fingerprint density at radius 3 is 2.59 bits per heavy atom. The summed E-state index contributed by atoms with van der Waals surface area (Å²) in [5.74, 6) is 0. The standard InChI is InChI=1S/C18H18BrNO2/c19-17-12-5-4-10-16(17)11-6-7-13-20-18(21)22-14-15-8-2-1-3-9-15/h1-6,8-12H,7,13-14H2,(H,20,21). The summed E-state index contributed by atoms with van der Waals surface area (Å²) in [4.78, 5) is 11.5. The summed E-state index contributed by atoms with van der Waals surface area (Å²) >= 11 is 3.49. The maximum Gasteiger partial charge on any atom is 0.407 e. The quantitative estimate of drug-likeness (QED) is 0.753. The maximum atomic E-state index is 11.5. The van der Waals surface area contributed by atoms with Crippen LogP contribution in [0.5, 0.6) is 0 Å². The third-order valence-corrected chi connectivity index (χ3v) is 3.72. The van der Waals surface area contributed by atoms with Gasteiger partial charge in [0.05, 0.1) is 0 Å². The van der Waals surface area contributed by atoms with E-state index in [0.29, 0.717) is 13.2 Å². The molecule has 4 heteroatoms. The van der Waals surface area contributed by atoms with Crippen LogP contribution in [0.25, 0.3) is 6.08 Å². The molecular formula is C18H18BrNO2. The van der Waals surface area contributed by atoms with Crippen molar-refractivity contribution in [1.29, 1.82) is 0 Å². The first-order valence-electron chi connectivity index (χ1n) is 7.11. The molecule has 2 aromatic carbocycles. The molecule has 0 saturated carbocycles. The Morgan fingerprint density at radius 1 is 1.09 bits per heavy atom. The molecule has 22 heavy (non-hydrogen) atoms. The summed E-state index contributed by atoms with van der Waals surface area (Å²) in [7, 11) is 0. The zero-order valence-corrected chi connectivity index (χ0v) is 13.8. The van der Waals surface area contributed by atoms with Gasteiger partial charge in [0, 0.05) is 11.0 Å². The Hall–Kier alpha value is -2.07. The Balaban J connectivity index is 1.64. The first-order chi connectivity index (χ1) is 10.8. The van der Waals surface area contributed by atoms with Gasteiger partial charge in [-0.05, 0) is 23.6 Å². The molecule has 0 spiro atoms. The van der Waals surface area contributed by atoms with Gasteiger partial charge in [-0.1, -0.05) is 76.6 Å². The fourth-order valence-electron chi connectivity index (χ4n) is 1.85. The number of carbonyl (C=O) groups is 1. The molecule has 0 saturated heterocycles. The predicted molar refractivity (Wildman–Crippen MR) is 92.4 cm³/mol. The molecule has 0 aliphatic rings. The lowest BCUT2D eigenvalue weighted by molar-refractivity contribution is 0.140. The Kier molecular flexibility index (Phi) is 6.71. The SMILES string of the molecule is O=C(NCCC=Cc1ccccc1Br)OCc1ccccc1. The number of amides is 1. The van der Waals surface area contributed by atoms with Gasteiger partial charge < -0.3 is 10.1 Å². The minimum Gasteiger partial charge on any atom is -0.445 e. The number of alkyl carbamates (subject to hydrolysis) is 1. The highest BCUT2D eigenvalue weighted by atomic mass is 79.9. The third kappa shape index (κ3) is 5.74. The third-order valence-electron chi connectivity index (χ3n) is 3.00. The summed E-state index contributed by atoms with van der Waals surface area (Å²) in [6.45, 7) is 0.841. The lowest BCUT2D eigenvalue weighted by atomic mass is 10.2. The minimum atomic E-state index is -0.391. The van der Waals surface area contributed by atoms with Crippen molar-refractivity contribution in [1.82, 2.24) is 5.32 Å². The molecule has 0 bridgehead atoms. The molecule has 0 aromatic heterocycles. The van der Waals surface area contributed by atoms with Gasteiger partial charge in [-0.2, -0.15) is 0 Å². The molecule has 3 nitrogen and oxygen atoms in total. The van der Waals surface area contributed by atoms with E-state index in [1.807, 2.05) is 66.7 Å². The van der Waals surface area contributed by atoms with E-state index in [1.54, 1.807) is 0 Å². The molecule has 0 radical (unpaired) electrons. The molecule has 1 amide bonds. The molecule has 0 atom stereocenters. The number of hydrogen-bond acceptors (Lipinski definition) is 2. The summed E-state index contributed by atoms with van der Waals surface area (Å²) in [6, 6.07) is 17.6. The topological polar surface area (TPSA) is 38.3 Å². The Morgan fingerprint density at radius 2 is 1.82 bits per heavy atom. The van der Waals surface area contributed by atoms with E-state index >= 15 is 0 Å². The van der Waals surface area contributed by atoms with Crippen LogP contribution in [0.4, 0.5) is 4.79 Å². The van der Waals surface area contributed by atoms with Crippen LogP contribution in [-0.2, 0) is 11.3 Å². The number of halogens is 1. The van der Waals surface area contributed by atoms with Crippen LogP contribution in [0.3, 0.4) is 0 Å². The maximum absolute atomic E-state index is 11.5. The molecule has 114 valence electrons. The molecular weight excluding hydrogens is 342 g/mol. The van der Waals surface area contributed by atoms with Crippen LogP contribution < -0.4 is 5.32 Å². The van der Waals surface area contributed by atoms with E-state index in [4.69, 9.17) is 4.74 Å². The van der Waals surface area contributed by atoms with E-state index in [-0.39, 0.29) is 0 Å². The molecule has 0 heterocycles. The van der Waals surface area contributed by atoms with E-state index in [2.05, 4.69) is 21.2 Å². The second kappa shape index (κ2) is 9.05. The van der Waals surface area contributed by atoms with Crippen molar-refractivity contribution in [3.05, 3.63) is 76.3 Å². The van der Waals surface area contributed by atoms with E-state index in [9.17, 15) is 4.79 Å². The largest absolute Gasteiger partial charge is 0.445 e. The lowest BCUT2D eigenvalue weighted by Gasteiger charge is -2.05. The molecule has 0 aliphatic carbocycles. The number of nitrogens with one attached hydrogen (secondary N) is 1. The van der Waals surface area contributed by atoms with Crippen LogP contribution in [-0.4, -0.2) is 12.6 Å². The molecule has 0 aliphatic heterocycles. The summed E-state index contributed by atoms with van der Waals surface area (Å²) < 4.78 is 6.19. The van der Waals surface area contributed by atoms with Crippen LogP contribution >= 0.6 is 15.9 Å². The van der Waals surface area contributed by atoms with Crippen molar-refractivity contribution < 1.29 is 9.53 Å². The van der Waals surface area contributed by atoms with E-state index in [1.165, 1.54) is 0 Å². The average molecular weight is 360 g/mol. The highest BCUT2D eigenvalue weighted by Gasteiger charge is 2.00. The smallest absolute Gasteiger partial charge is 0.407 e. The number of ether oxygens (including phenoxy) is 1. The van der Waals surface area contributed by atoms with Crippen molar-refractivity contribution in [3.8, 4) is 0 Å². The van der Waals surface area contributed by atoms with Crippen LogP contribution in [0.1, 0.15) is 17.5 Å². The number of rotatable bonds is 6. The van der Waals surface area contributed by atoms with E-state index < -0.39 is 6.09 Å². The predicted octanol–water partition coefficient (Wildman–Crippen LogP) is 4.78. The van der Waals surface area contributed by atoms with Gasteiger partial charge >= 0.3 is 6.09 Å². The highest BCUT2D eigenvalue weighted by Crippen LogP contribution is 2.17. The number of benzene rings is 2. The zero-order chi connectivity index (χ0) is 15.6.